The molecule has 1 N–H and O–H groups in total. The third-order valence-electron chi connectivity index (χ3n) is 2.63. The number of anilines is 1. The van der Waals surface area contributed by atoms with E-state index in [0.717, 1.165) is 5.69 Å². The van der Waals surface area contributed by atoms with Crippen LogP contribution in [0.2, 0.25) is 0 Å². The summed E-state index contributed by atoms with van der Waals surface area (Å²) in [5.41, 5.74) is 0.845. The van der Waals surface area contributed by atoms with Crippen LogP contribution < -0.4 is 5.32 Å². The predicted molar refractivity (Wildman–Crippen MR) is 83.9 cm³/mol. The van der Waals surface area contributed by atoms with E-state index in [2.05, 4.69) is 10.3 Å². The van der Waals surface area contributed by atoms with Gasteiger partial charge in [-0.2, -0.15) is 0 Å². The molecule has 0 bridgehead atoms. The van der Waals surface area contributed by atoms with Crippen molar-refractivity contribution in [2.24, 2.45) is 0 Å². The van der Waals surface area contributed by atoms with Gasteiger partial charge in [0.1, 0.15) is 5.38 Å². The number of hydrogen-bond acceptors (Lipinski definition) is 5. The summed E-state index contributed by atoms with van der Waals surface area (Å²) < 4.78 is 4.96. The number of rotatable bonds is 8. The summed E-state index contributed by atoms with van der Waals surface area (Å²) in [6.45, 7) is 4.34. The summed E-state index contributed by atoms with van der Waals surface area (Å²) in [5, 5.41) is 4.39. The lowest BCUT2D eigenvalue weighted by Gasteiger charge is -2.23. The van der Waals surface area contributed by atoms with Gasteiger partial charge in [-0.25, -0.2) is 4.98 Å². The molecule has 1 rings (SSSR count). The lowest BCUT2D eigenvalue weighted by Crippen LogP contribution is -2.42. The molecule has 0 aliphatic heterocycles. The molecular formula is C13H20ClN3O3S. The van der Waals surface area contributed by atoms with Gasteiger partial charge in [-0.1, -0.05) is 0 Å². The van der Waals surface area contributed by atoms with Gasteiger partial charge in [0.15, 0.2) is 5.13 Å². The third kappa shape index (κ3) is 6.41. The van der Waals surface area contributed by atoms with Gasteiger partial charge in [0.25, 0.3) is 0 Å². The Balaban J connectivity index is 2.57. The van der Waals surface area contributed by atoms with E-state index >= 15 is 0 Å². The maximum atomic E-state index is 12.0. The van der Waals surface area contributed by atoms with Crippen LogP contribution >= 0.6 is 22.9 Å². The predicted octanol–water partition coefficient (Wildman–Crippen LogP) is 1.88. The number of aromatic nitrogens is 1. The normalized spacial score (nSPS) is 12.0. The molecule has 0 aliphatic carbocycles. The highest BCUT2D eigenvalue weighted by Crippen LogP contribution is 2.14. The number of hydrogen-bond donors (Lipinski definition) is 1. The van der Waals surface area contributed by atoms with Crippen LogP contribution in [0, 0.1) is 6.92 Å². The summed E-state index contributed by atoms with van der Waals surface area (Å²) in [6.07, 6.45) is 0.648. The Morgan fingerprint density at radius 1 is 1.57 bits per heavy atom. The lowest BCUT2D eigenvalue weighted by atomic mass is 10.3. The number of methoxy groups -OCH3 is 1. The molecule has 1 aromatic rings. The number of nitrogens with zero attached hydrogens (tertiary/aromatic N) is 2. The van der Waals surface area contributed by atoms with Crippen LogP contribution in [0.25, 0.3) is 0 Å². The minimum atomic E-state index is -0.664. The molecule has 0 aliphatic rings. The van der Waals surface area contributed by atoms with Gasteiger partial charge in [0.05, 0.1) is 12.2 Å². The van der Waals surface area contributed by atoms with E-state index in [9.17, 15) is 9.59 Å². The van der Waals surface area contributed by atoms with E-state index in [1.54, 1.807) is 14.0 Å². The molecule has 21 heavy (non-hydrogen) atoms. The molecule has 118 valence electrons. The van der Waals surface area contributed by atoms with Crippen molar-refractivity contribution >= 4 is 39.9 Å². The Hall–Kier alpha value is -1.18. The van der Waals surface area contributed by atoms with Gasteiger partial charge in [0.2, 0.25) is 11.8 Å². The van der Waals surface area contributed by atoms with Gasteiger partial charge < -0.3 is 15.0 Å². The monoisotopic (exact) mass is 333 g/mol. The van der Waals surface area contributed by atoms with Crippen LogP contribution in [0.5, 0.6) is 0 Å². The van der Waals surface area contributed by atoms with Crippen LogP contribution in [0.3, 0.4) is 0 Å². The average molecular weight is 334 g/mol. The van der Waals surface area contributed by atoms with E-state index in [0.29, 0.717) is 24.7 Å². The maximum Gasteiger partial charge on any atom is 0.245 e. The largest absolute Gasteiger partial charge is 0.385 e. The molecule has 0 unspecified atom stereocenters. The second-order valence-electron chi connectivity index (χ2n) is 4.56. The summed E-state index contributed by atoms with van der Waals surface area (Å²) in [4.78, 5) is 29.6. The first-order valence-electron chi connectivity index (χ1n) is 6.57. The average Bonchev–Trinajstić information content (AvgIpc) is 2.82. The van der Waals surface area contributed by atoms with Crippen molar-refractivity contribution in [3.05, 3.63) is 11.1 Å². The van der Waals surface area contributed by atoms with Crippen LogP contribution in [0.1, 0.15) is 19.0 Å². The number of amides is 2. The van der Waals surface area contributed by atoms with Crippen molar-refractivity contribution < 1.29 is 14.3 Å². The molecule has 1 atom stereocenters. The second-order valence-corrected chi connectivity index (χ2v) is 6.08. The Kier molecular flexibility index (Phi) is 7.63. The SMILES string of the molecule is COCCCN(CC(=O)Nc1nc(C)cs1)C(=O)[C@H](C)Cl. The van der Waals surface area contributed by atoms with Crippen molar-refractivity contribution in [1.29, 1.82) is 0 Å². The zero-order chi connectivity index (χ0) is 15.8. The van der Waals surface area contributed by atoms with Gasteiger partial charge in [0, 0.05) is 25.6 Å². The number of carbonyl (C=O) groups excluding carboxylic acids is 2. The van der Waals surface area contributed by atoms with Crippen molar-refractivity contribution in [3.8, 4) is 0 Å². The summed E-state index contributed by atoms with van der Waals surface area (Å²) >= 11 is 7.17. The molecule has 1 heterocycles. The van der Waals surface area contributed by atoms with Crippen LogP contribution in [0.15, 0.2) is 5.38 Å². The summed E-state index contributed by atoms with van der Waals surface area (Å²) in [5.74, 6) is -0.550. The zero-order valence-electron chi connectivity index (χ0n) is 12.4. The van der Waals surface area contributed by atoms with Crippen LogP contribution in [-0.4, -0.2) is 53.9 Å². The number of carbonyl (C=O) groups is 2. The Morgan fingerprint density at radius 3 is 2.81 bits per heavy atom. The third-order valence-corrected chi connectivity index (χ3v) is 3.69. The minimum absolute atomic E-state index is 0.0434. The van der Waals surface area contributed by atoms with Gasteiger partial charge in [-0.05, 0) is 20.3 Å². The standard InChI is InChI=1S/C13H20ClN3O3S/c1-9-8-21-13(15-9)16-11(18)7-17(5-4-6-20-3)12(19)10(2)14/h8,10H,4-7H2,1-3H3,(H,15,16,18)/t10-/m0/s1. The van der Waals surface area contributed by atoms with Crippen LogP contribution in [0.4, 0.5) is 5.13 Å². The fraction of sp³-hybridized carbons (Fsp3) is 0.615. The molecule has 0 fully saturated rings. The quantitative estimate of drug-likeness (QED) is 0.582. The first-order valence-corrected chi connectivity index (χ1v) is 7.89. The van der Waals surface area contributed by atoms with Gasteiger partial charge in [-0.15, -0.1) is 22.9 Å². The Morgan fingerprint density at radius 2 is 2.29 bits per heavy atom. The maximum absolute atomic E-state index is 12.0. The molecule has 2 amide bonds. The first-order chi connectivity index (χ1) is 9.93. The highest BCUT2D eigenvalue weighted by molar-refractivity contribution is 7.13. The lowest BCUT2D eigenvalue weighted by molar-refractivity contribution is -0.134. The van der Waals surface area contributed by atoms with E-state index in [4.69, 9.17) is 16.3 Å². The number of ether oxygens (including phenoxy) is 1. The summed E-state index contributed by atoms with van der Waals surface area (Å²) in [7, 11) is 1.59. The van der Waals surface area contributed by atoms with Gasteiger partial charge >= 0.3 is 0 Å². The van der Waals surface area contributed by atoms with Crippen molar-refractivity contribution in [2.75, 3.05) is 32.1 Å². The number of thiazole rings is 1. The van der Waals surface area contributed by atoms with Gasteiger partial charge in [-0.3, -0.25) is 9.59 Å². The van der Waals surface area contributed by atoms with E-state index in [-0.39, 0.29) is 18.4 Å². The molecule has 0 aromatic carbocycles. The van der Waals surface area contributed by atoms with Crippen molar-refractivity contribution in [1.82, 2.24) is 9.88 Å². The van der Waals surface area contributed by atoms with E-state index < -0.39 is 5.38 Å². The van der Waals surface area contributed by atoms with Crippen LogP contribution in [-0.2, 0) is 14.3 Å². The number of aryl methyl sites for hydroxylation is 1. The molecular weight excluding hydrogens is 314 g/mol. The molecule has 0 saturated carbocycles. The number of nitrogens with one attached hydrogen (secondary N) is 1. The Bertz CT molecular complexity index is 479. The highest BCUT2D eigenvalue weighted by Gasteiger charge is 2.21. The second kappa shape index (κ2) is 8.96. The minimum Gasteiger partial charge on any atom is -0.385 e. The fourth-order valence-corrected chi connectivity index (χ4v) is 2.50. The van der Waals surface area contributed by atoms with E-state index in [1.165, 1.54) is 16.2 Å². The molecule has 1 aromatic heterocycles. The molecule has 0 radical (unpaired) electrons. The fourth-order valence-electron chi connectivity index (χ4n) is 1.66. The molecule has 0 spiro atoms. The zero-order valence-corrected chi connectivity index (χ0v) is 14.0. The molecule has 6 nitrogen and oxygen atoms in total. The number of halogens is 1. The van der Waals surface area contributed by atoms with Crippen molar-refractivity contribution in [3.63, 3.8) is 0 Å². The Labute approximate surface area is 133 Å². The molecule has 0 saturated heterocycles. The number of alkyl halides is 1. The van der Waals surface area contributed by atoms with E-state index in [1.807, 2.05) is 12.3 Å². The summed E-state index contributed by atoms with van der Waals surface area (Å²) in [6, 6.07) is 0. The van der Waals surface area contributed by atoms with Crippen molar-refractivity contribution in [2.45, 2.75) is 25.6 Å². The smallest absolute Gasteiger partial charge is 0.245 e. The first kappa shape index (κ1) is 17.9. The molecule has 8 heteroatoms. The topological polar surface area (TPSA) is 71.5 Å². The highest BCUT2D eigenvalue weighted by atomic mass is 35.5.